The van der Waals surface area contributed by atoms with Gasteiger partial charge in [0.25, 0.3) is 0 Å². The number of carbonyl (C=O) groups is 1. The molecule has 1 saturated heterocycles. The number of rotatable bonds is 5. The van der Waals surface area contributed by atoms with Gasteiger partial charge >= 0.3 is 5.97 Å². The van der Waals surface area contributed by atoms with Crippen LogP contribution >= 0.6 is 0 Å². The third-order valence-electron chi connectivity index (χ3n) is 9.98. The van der Waals surface area contributed by atoms with Crippen molar-refractivity contribution in [2.24, 2.45) is 0 Å². The Morgan fingerprint density at radius 3 is 2.48 bits per heavy atom. The predicted octanol–water partition coefficient (Wildman–Crippen LogP) is 5.09. The first-order chi connectivity index (χ1) is 19.2. The number of carboxylic acids is 1. The van der Waals surface area contributed by atoms with Crippen LogP contribution in [0, 0.1) is 0 Å². The number of aliphatic hydroxyl groups excluding tert-OH is 1. The lowest BCUT2D eigenvalue weighted by molar-refractivity contribution is 0.0697. The Kier molecular flexibility index (Phi) is 6.07. The number of nitrogens with zero attached hydrogens (tertiary/aromatic N) is 2. The van der Waals surface area contributed by atoms with Crippen molar-refractivity contribution in [2.75, 3.05) is 20.2 Å². The van der Waals surface area contributed by atoms with Gasteiger partial charge in [-0.2, -0.15) is 0 Å². The molecule has 0 bridgehead atoms. The Hall–Kier alpha value is -2.88. The quantitative estimate of drug-likeness (QED) is 0.447. The van der Waals surface area contributed by atoms with E-state index in [4.69, 9.17) is 4.74 Å². The van der Waals surface area contributed by atoms with Crippen molar-refractivity contribution in [3.8, 4) is 17.0 Å². The van der Waals surface area contributed by atoms with E-state index in [1.165, 1.54) is 12.0 Å². The number of hydrogen-bond acceptors (Lipinski definition) is 5. The van der Waals surface area contributed by atoms with Gasteiger partial charge in [-0.15, -0.1) is 0 Å². The maximum atomic E-state index is 14.5. The summed E-state index contributed by atoms with van der Waals surface area (Å²) >= 11 is 0. The summed E-state index contributed by atoms with van der Waals surface area (Å²) in [6, 6.07) is 11.4. The van der Waals surface area contributed by atoms with Gasteiger partial charge in [0.1, 0.15) is 10.5 Å². The molecule has 2 aliphatic heterocycles. The number of piperidine rings is 1. The van der Waals surface area contributed by atoms with Crippen LogP contribution in [0.1, 0.15) is 84.7 Å². The molecule has 1 aromatic heterocycles. The summed E-state index contributed by atoms with van der Waals surface area (Å²) in [6.07, 6.45) is 6.59. The molecule has 2 atom stereocenters. The molecule has 2 aromatic carbocycles. The molecule has 3 aromatic rings. The third-order valence-corrected chi connectivity index (χ3v) is 12.6. The van der Waals surface area contributed by atoms with Gasteiger partial charge in [-0.25, -0.2) is 17.5 Å². The first-order valence-corrected chi connectivity index (χ1v) is 15.9. The standard InChI is InChI=1S/C31H36N2O6S/c1-39-22-8-10-23-25(16-22)26-17-31(26,40(37,38)32-13-11-21(34)12-14-32)18-33-27-15-20(30(35)36)7-9-24(27)28(29(23)33)19-5-3-2-4-6-19/h7-10,15-16,19,21,26,34H,2-6,11-14,17-18H2,1H3,(H,35,36). The van der Waals surface area contributed by atoms with Crippen LogP contribution in [0.25, 0.3) is 22.2 Å². The second kappa shape index (κ2) is 9.33. The van der Waals surface area contributed by atoms with E-state index < -0.39 is 26.8 Å². The van der Waals surface area contributed by atoms with Crippen LogP contribution in [-0.2, 0) is 16.6 Å². The molecule has 4 aliphatic rings. The van der Waals surface area contributed by atoms with Crippen molar-refractivity contribution in [1.29, 1.82) is 0 Å². The van der Waals surface area contributed by atoms with E-state index in [0.29, 0.717) is 44.0 Å². The Morgan fingerprint density at radius 1 is 1.02 bits per heavy atom. The maximum absolute atomic E-state index is 14.5. The van der Waals surface area contributed by atoms with Crippen LogP contribution in [0.15, 0.2) is 36.4 Å². The molecule has 40 heavy (non-hydrogen) atoms. The Balaban J connectivity index is 1.49. The number of carboxylic acid groups (broad SMARTS) is 1. The Morgan fingerprint density at radius 2 is 1.77 bits per heavy atom. The summed E-state index contributed by atoms with van der Waals surface area (Å²) in [5.41, 5.74) is 5.30. The summed E-state index contributed by atoms with van der Waals surface area (Å²) in [5.74, 6) is -0.140. The molecule has 0 radical (unpaired) electrons. The number of methoxy groups -OCH3 is 1. The fourth-order valence-corrected chi connectivity index (χ4v) is 10.1. The molecule has 2 aliphatic carbocycles. The molecule has 0 spiro atoms. The summed E-state index contributed by atoms with van der Waals surface area (Å²) in [6.45, 7) is 0.912. The Bertz CT molecular complexity index is 1610. The number of sulfonamides is 1. The number of aromatic carboxylic acids is 1. The van der Waals surface area contributed by atoms with Crippen molar-refractivity contribution in [3.63, 3.8) is 0 Å². The highest BCUT2D eigenvalue weighted by atomic mass is 32.2. The zero-order chi connectivity index (χ0) is 27.8. The molecule has 8 nitrogen and oxygen atoms in total. The SMILES string of the molecule is COc1ccc2c(c1)C1CC1(S(=O)(=O)N1CCC(O)CC1)Cn1c-2c(C2CCCCC2)c2ccc(C(=O)O)cc21. The second-order valence-electron chi connectivity index (χ2n) is 12.1. The average Bonchev–Trinajstić information content (AvgIpc) is 3.64. The number of benzene rings is 2. The largest absolute Gasteiger partial charge is 0.497 e. The first kappa shape index (κ1) is 26.0. The van der Waals surface area contributed by atoms with Crippen molar-refractivity contribution >= 4 is 26.9 Å². The van der Waals surface area contributed by atoms with Crippen LogP contribution in [0.4, 0.5) is 0 Å². The van der Waals surface area contributed by atoms with E-state index in [2.05, 4.69) is 10.6 Å². The zero-order valence-electron chi connectivity index (χ0n) is 22.8. The van der Waals surface area contributed by atoms with Crippen LogP contribution in [0.2, 0.25) is 0 Å². The fraction of sp³-hybridized carbons (Fsp3) is 0.516. The van der Waals surface area contributed by atoms with Crippen LogP contribution in [0.3, 0.4) is 0 Å². The smallest absolute Gasteiger partial charge is 0.335 e. The van der Waals surface area contributed by atoms with Crippen LogP contribution < -0.4 is 4.74 Å². The van der Waals surface area contributed by atoms with E-state index >= 15 is 0 Å². The molecule has 3 heterocycles. The lowest BCUT2D eigenvalue weighted by atomic mass is 9.81. The van der Waals surface area contributed by atoms with E-state index in [1.807, 2.05) is 18.2 Å². The summed E-state index contributed by atoms with van der Waals surface area (Å²) in [4.78, 5) is 12.0. The highest BCUT2D eigenvalue weighted by Gasteiger charge is 2.67. The third kappa shape index (κ3) is 3.77. The van der Waals surface area contributed by atoms with Crippen LogP contribution in [-0.4, -0.2) is 64.5 Å². The van der Waals surface area contributed by atoms with E-state index in [1.54, 1.807) is 23.5 Å². The molecular weight excluding hydrogens is 528 g/mol. The zero-order valence-corrected chi connectivity index (χ0v) is 23.6. The lowest BCUT2D eigenvalue weighted by Crippen LogP contribution is -2.47. The Labute approximate surface area is 234 Å². The topological polar surface area (TPSA) is 109 Å². The van der Waals surface area contributed by atoms with Gasteiger partial charge in [0.15, 0.2) is 0 Å². The number of fused-ring (bicyclic) bond motifs is 7. The van der Waals surface area contributed by atoms with E-state index in [9.17, 15) is 23.4 Å². The van der Waals surface area contributed by atoms with Gasteiger partial charge < -0.3 is 19.5 Å². The lowest BCUT2D eigenvalue weighted by Gasteiger charge is -2.33. The molecule has 2 N–H and O–H groups in total. The number of hydrogen-bond donors (Lipinski definition) is 2. The van der Waals surface area contributed by atoms with Gasteiger partial charge in [0.05, 0.1) is 24.5 Å². The molecular formula is C31H36N2O6S. The normalized spacial score (nSPS) is 25.6. The second-order valence-corrected chi connectivity index (χ2v) is 14.4. The average molecular weight is 565 g/mol. The van der Waals surface area contributed by atoms with Gasteiger partial charge in [0.2, 0.25) is 10.0 Å². The summed E-state index contributed by atoms with van der Waals surface area (Å²) < 4.78 is 37.2. The maximum Gasteiger partial charge on any atom is 0.335 e. The molecule has 7 rings (SSSR count). The minimum Gasteiger partial charge on any atom is -0.497 e. The molecule has 2 unspecified atom stereocenters. The van der Waals surface area contributed by atoms with Gasteiger partial charge in [-0.3, -0.25) is 0 Å². The number of ether oxygens (including phenoxy) is 1. The van der Waals surface area contributed by atoms with Gasteiger partial charge in [0, 0.05) is 42.0 Å². The highest BCUT2D eigenvalue weighted by molar-refractivity contribution is 7.90. The first-order valence-electron chi connectivity index (χ1n) is 14.5. The monoisotopic (exact) mass is 564 g/mol. The van der Waals surface area contributed by atoms with E-state index in [-0.39, 0.29) is 18.0 Å². The van der Waals surface area contributed by atoms with E-state index in [0.717, 1.165) is 53.4 Å². The van der Waals surface area contributed by atoms with Crippen molar-refractivity contribution < 1.29 is 28.2 Å². The summed E-state index contributed by atoms with van der Waals surface area (Å²) in [7, 11) is -2.10. The molecule has 0 amide bonds. The highest BCUT2D eigenvalue weighted by Crippen LogP contribution is 2.64. The molecule has 212 valence electrons. The van der Waals surface area contributed by atoms with Crippen LogP contribution in [0.5, 0.6) is 5.75 Å². The fourth-order valence-electron chi connectivity index (χ4n) is 7.77. The predicted molar refractivity (Wildman–Crippen MR) is 153 cm³/mol. The van der Waals surface area contributed by atoms with Crippen molar-refractivity contribution in [3.05, 3.63) is 53.1 Å². The number of aromatic nitrogens is 1. The minimum atomic E-state index is -3.73. The molecule has 9 heteroatoms. The van der Waals surface area contributed by atoms with Crippen molar-refractivity contribution in [2.45, 2.75) is 80.6 Å². The van der Waals surface area contributed by atoms with Gasteiger partial charge in [-0.1, -0.05) is 25.3 Å². The van der Waals surface area contributed by atoms with Crippen molar-refractivity contribution in [1.82, 2.24) is 8.87 Å². The minimum absolute atomic E-state index is 0.189. The molecule has 3 fully saturated rings. The van der Waals surface area contributed by atoms with Gasteiger partial charge in [-0.05, 0) is 79.5 Å². The summed E-state index contributed by atoms with van der Waals surface area (Å²) in [5, 5.41) is 21.0. The molecule has 2 saturated carbocycles. The number of aliphatic hydroxyl groups is 1.